The Kier molecular flexibility index (Phi) is 3.97. The maximum absolute atomic E-state index is 3.63. The van der Waals surface area contributed by atoms with Gasteiger partial charge in [0.05, 0.1) is 0 Å². The van der Waals surface area contributed by atoms with E-state index in [2.05, 4.69) is 67.9 Å². The maximum Gasteiger partial charge on any atom is 0.0391 e. The molecule has 2 heteroatoms. The van der Waals surface area contributed by atoms with Crippen LogP contribution in [0.3, 0.4) is 0 Å². The lowest BCUT2D eigenvalue weighted by Gasteiger charge is -2.19. The molecule has 0 saturated heterocycles. The molecule has 0 aliphatic heterocycles. The molecule has 0 radical (unpaired) electrons. The van der Waals surface area contributed by atoms with E-state index in [1.54, 1.807) is 0 Å². The Labute approximate surface area is 108 Å². The highest BCUT2D eigenvalue weighted by Crippen LogP contribution is 2.22. The molecule has 2 rings (SSSR count). The molecule has 2 aromatic rings. The normalized spacial score (nSPS) is 14.5. The summed E-state index contributed by atoms with van der Waals surface area (Å²) in [5, 5.41) is 5.76. The van der Waals surface area contributed by atoms with Gasteiger partial charge in [0.2, 0.25) is 0 Å². The average Bonchev–Trinajstić information content (AvgIpc) is 2.83. The van der Waals surface area contributed by atoms with Crippen LogP contribution in [-0.2, 0) is 0 Å². The summed E-state index contributed by atoms with van der Waals surface area (Å²) in [7, 11) is 0. The molecule has 90 valence electrons. The summed E-state index contributed by atoms with van der Waals surface area (Å²) in [4.78, 5) is 1.39. The third-order valence-electron chi connectivity index (χ3n) is 3.05. The first kappa shape index (κ1) is 12.3. The van der Waals surface area contributed by atoms with Crippen LogP contribution in [0.25, 0.3) is 0 Å². The number of hydrogen-bond acceptors (Lipinski definition) is 2. The van der Waals surface area contributed by atoms with Crippen molar-refractivity contribution in [2.45, 2.75) is 32.9 Å². The van der Waals surface area contributed by atoms with Gasteiger partial charge in [0.15, 0.2) is 0 Å². The molecule has 1 heterocycles. The molecule has 1 N–H and O–H groups in total. The van der Waals surface area contributed by atoms with Gasteiger partial charge < -0.3 is 5.32 Å². The topological polar surface area (TPSA) is 12.0 Å². The minimum Gasteiger partial charge on any atom is -0.303 e. The summed E-state index contributed by atoms with van der Waals surface area (Å²) in [6.07, 6.45) is 0. The molecule has 0 saturated carbocycles. The third-order valence-corrected chi connectivity index (χ3v) is 4.10. The van der Waals surface area contributed by atoms with E-state index in [9.17, 15) is 0 Å². The van der Waals surface area contributed by atoms with Crippen molar-refractivity contribution < 1.29 is 0 Å². The number of rotatable bonds is 4. The molecule has 0 aliphatic rings. The van der Waals surface area contributed by atoms with Crippen molar-refractivity contribution >= 4 is 11.3 Å². The highest BCUT2D eigenvalue weighted by atomic mass is 32.1. The Bertz CT molecular complexity index is 444. The van der Waals surface area contributed by atoms with Crippen LogP contribution in [0.1, 0.15) is 41.9 Å². The summed E-state index contributed by atoms with van der Waals surface area (Å²) < 4.78 is 0. The van der Waals surface area contributed by atoms with Crippen LogP contribution >= 0.6 is 11.3 Å². The van der Waals surface area contributed by atoms with Gasteiger partial charge in [-0.1, -0.05) is 35.9 Å². The van der Waals surface area contributed by atoms with Crippen LogP contribution in [0, 0.1) is 6.92 Å². The van der Waals surface area contributed by atoms with Gasteiger partial charge in [0.25, 0.3) is 0 Å². The standard InChI is InChI=1S/C15H19NS/c1-11-6-8-14(9-7-11)12(2)16-13(3)15-5-4-10-17-15/h4-10,12-13,16H,1-3H3. The van der Waals surface area contributed by atoms with Crippen molar-refractivity contribution in [3.63, 3.8) is 0 Å². The summed E-state index contributed by atoms with van der Waals surface area (Å²) >= 11 is 1.81. The summed E-state index contributed by atoms with van der Waals surface area (Å²) in [6, 6.07) is 13.8. The second-order valence-corrected chi connectivity index (χ2v) is 5.52. The Morgan fingerprint density at radius 2 is 1.71 bits per heavy atom. The Morgan fingerprint density at radius 3 is 2.29 bits per heavy atom. The quantitative estimate of drug-likeness (QED) is 0.838. The molecule has 0 bridgehead atoms. The Hall–Kier alpha value is -1.12. The zero-order valence-corrected chi connectivity index (χ0v) is 11.4. The zero-order chi connectivity index (χ0) is 12.3. The van der Waals surface area contributed by atoms with E-state index >= 15 is 0 Å². The molecule has 1 aromatic heterocycles. The molecule has 2 unspecified atom stereocenters. The van der Waals surface area contributed by atoms with Crippen LogP contribution in [-0.4, -0.2) is 0 Å². The van der Waals surface area contributed by atoms with Crippen molar-refractivity contribution in [2.24, 2.45) is 0 Å². The van der Waals surface area contributed by atoms with Crippen LogP contribution in [0.15, 0.2) is 41.8 Å². The van der Waals surface area contributed by atoms with E-state index in [0.717, 1.165) is 0 Å². The predicted molar refractivity (Wildman–Crippen MR) is 75.5 cm³/mol. The van der Waals surface area contributed by atoms with Gasteiger partial charge >= 0.3 is 0 Å². The third kappa shape index (κ3) is 3.18. The van der Waals surface area contributed by atoms with E-state index in [1.165, 1.54) is 16.0 Å². The van der Waals surface area contributed by atoms with Crippen molar-refractivity contribution in [1.29, 1.82) is 0 Å². The lowest BCUT2D eigenvalue weighted by atomic mass is 10.1. The van der Waals surface area contributed by atoms with Gasteiger partial charge in [-0.3, -0.25) is 0 Å². The molecular weight excluding hydrogens is 226 g/mol. The second kappa shape index (κ2) is 5.48. The highest BCUT2D eigenvalue weighted by Gasteiger charge is 2.11. The fourth-order valence-electron chi connectivity index (χ4n) is 1.95. The molecular formula is C15H19NS. The maximum atomic E-state index is 3.63. The lowest BCUT2D eigenvalue weighted by Crippen LogP contribution is -2.21. The SMILES string of the molecule is Cc1ccc(C(C)NC(C)c2cccs2)cc1. The van der Waals surface area contributed by atoms with Gasteiger partial charge in [0, 0.05) is 17.0 Å². The van der Waals surface area contributed by atoms with Crippen LogP contribution in [0.2, 0.25) is 0 Å². The molecule has 0 fully saturated rings. The summed E-state index contributed by atoms with van der Waals surface area (Å²) in [5.74, 6) is 0. The van der Waals surface area contributed by atoms with Gasteiger partial charge in [-0.25, -0.2) is 0 Å². The molecule has 2 atom stereocenters. The van der Waals surface area contributed by atoms with Crippen LogP contribution < -0.4 is 5.32 Å². The van der Waals surface area contributed by atoms with Gasteiger partial charge in [0.1, 0.15) is 0 Å². The first-order valence-electron chi connectivity index (χ1n) is 6.03. The fraction of sp³-hybridized carbons (Fsp3) is 0.333. The summed E-state index contributed by atoms with van der Waals surface area (Å²) in [6.45, 7) is 6.56. The van der Waals surface area contributed by atoms with Crippen molar-refractivity contribution in [3.05, 3.63) is 57.8 Å². The van der Waals surface area contributed by atoms with Crippen LogP contribution in [0.5, 0.6) is 0 Å². The molecule has 1 nitrogen and oxygen atoms in total. The Balaban J connectivity index is 2.01. The number of nitrogens with one attached hydrogen (secondary N) is 1. The highest BCUT2D eigenvalue weighted by molar-refractivity contribution is 7.10. The molecule has 1 aromatic carbocycles. The smallest absolute Gasteiger partial charge is 0.0391 e. The molecule has 17 heavy (non-hydrogen) atoms. The van der Waals surface area contributed by atoms with Crippen molar-refractivity contribution in [1.82, 2.24) is 5.32 Å². The summed E-state index contributed by atoms with van der Waals surface area (Å²) in [5.41, 5.74) is 2.66. The molecule has 0 amide bonds. The predicted octanol–water partition coefficient (Wildman–Crippen LogP) is 4.47. The number of benzene rings is 1. The zero-order valence-electron chi connectivity index (χ0n) is 10.6. The van der Waals surface area contributed by atoms with Crippen molar-refractivity contribution in [3.8, 4) is 0 Å². The first-order chi connectivity index (χ1) is 8.16. The molecule has 0 spiro atoms. The van der Waals surface area contributed by atoms with E-state index in [0.29, 0.717) is 12.1 Å². The number of thiophene rings is 1. The lowest BCUT2D eigenvalue weighted by molar-refractivity contribution is 0.500. The van der Waals surface area contributed by atoms with E-state index in [-0.39, 0.29) is 0 Å². The van der Waals surface area contributed by atoms with Crippen LogP contribution in [0.4, 0.5) is 0 Å². The van der Waals surface area contributed by atoms with Gasteiger partial charge in [-0.15, -0.1) is 11.3 Å². The number of hydrogen-bond donors (Lipinski definition) is 1. The number of aryl methyl sites for hydroxylation is 1. The van der Waals surface area contributed by atoms with E-state index in [4.69, 9.17) is 0 Å². The van der Waals surface area contributed by atoms with E-state index < -0.39 is 0 Å². The monoisotopic (exact) mass is 245 g/mol. The Morgan fingerprint density at radius 1 is 1.00 bits per heavy atom. The largest absolute Gasteiger partial charge is 0.303 e. The van der Waals surface area contributed by atoms with Crippen molar-refractivity contribution in [2.75, 3.05) is 0 Å². The minimum atomic E-state index is 0.382. The average molecular weight is 245 g/mol. The van der Waals surface area contributed by atoms with Gasteiger partial charge in [-0.2, -0.15) is 0 Å². The molecule has 0 aliphatic carbocycles. The van der Waals surface area contributed by atoms with E-state index in [1.807, 2.05) is 11.3 Å². The van der Waals surface area contributed by atoms with Gasteiger partial charge in [-0.05, 0) is 37.8 Å². The minimum absolute atomic E-state index is 0.382. The fourth-order valence-corrected chi connectivity index (χ4v) is 2.69. The second-order valence-electron chi connectivity index (χ2n) is 4.54. The first-order valence-corrected chi connectivity index (χ1v) is 6.91.